The number of rotatable bonds is 4. The van der Waals surface area contributed by atoms with Gasteiger partial charge in [-0.25, -0.2) is 4.68 Å². The zero-order valence-electron chi connectivity index (χ0n) is 16.1. The average Bonchev–Trinajstić information content (AvgIpc) is 3.20. The van der Waals surface area contributed by atoms with Gasteiger partial charge in [0.25, 0.3) is 0 Å². The highest BCUT2D eigenvalue weighted by Crippen LogP contribution is 2.36. The highest BCUT2D eigenvalue weighted by Gasteiger charge is 2.20. The number of hydrogen-bond donors (Lipinski definition) is 0. The quantitative estimate of drug-likeness (QED) is 0.379. The van der Waals surface area contributed by atoms with Crippen LogP contribution < -0.4 is 14.9 Å². The number of esters is 2. The number of carbonyl (C=O) groups is 2. The monoisotopic (exact) mass is 404 g/mol. The van der Waals surface area contributed by atoms with Gasteiger partial charge in [-0.05, 0) is 24.3 Å². The van der Waals surface area contributed by atoms with Crippen LogP contribution in [0.3, 0.4) is 0 Å². The predicted molar refractivity (Wildman–Crippen MR) is 108 cm³/mol. The van der Waals surface area contributed by atoms with Crippen LogP contribution in [0.4, 0.5) is 0 Å². The summed E-state index contributed by atoms with van der Waals surface area (Å²) in [4.78, 5) is 36.0. The molecule has 4 aromatic rings. The van der Waals surface area contributed by atoms with Gasteiger partial charge in [-0.1, -0.05) is 18.2 Å². The Bertz CT molecular complexity index is 1320. The molecule has 2 aromatic carbocycles. The number of ether oxygens (including phenoxy) is 2. The van der Waals surface area contributed by atoms with Crippen LogP contribution in [0.15, 0.2) is 70.3 Å². The molecule has 4 rings (SSSR count). The molecular weight excluding hydrogens is 388 g/mol. The summed E-state index contributed by atoms with van der Waals surface area (Å²) in [6.07, 6.45) is 4.54. The second-order valence-corrected chi connectivity index (χ2v) is 6.44. The highest BCUT2D eigenvalue weighted by atomic mass is 16.6. The Morgan fingerprint density at radius 1 is 1.00 bits per heavy atom. The van der Waals surface area contributed by atoms with Crippen LogP contribution in [0.1, 0.15) is 13.8 Å². The molecule has 0 unspecified atom stereocenters. The minimum Gasteiger partial charge on any atom is -0.459 e. The number of fused-ring (bicyclic) bond motifs is 1. The summed E-state index contributed by atoms with van der Waals surface area (Å²) < 4.78 is 17.5. The highest BCUT2D eigenvalue weighted by molar-refractivity contribution is 5.91. The first-order valence-corrected chi connectivity index (χ1v) is 9.00. The number of para-hydroxylation sites is 1. The van der Waals surface area contributed by atoms with Crippen LogP contribution in [0.5, 0.6) is 11.5 Å². The first kappa shape index (κ1) is 19.1. The molecule has 0 aliphatic heterocycles. The molecule has 0 saturated heterocycles. The van der Waals surface area contributed by atoms with E-state index in [4.69, 9.17) is 13.9 Å². The molecule has 2 heterocycles. The van der Waals surface area contributed by atoms with Gasteiger partial charge in [-0.3, -0.25) is 14.4 Å². The fourth-order valence-corrected chi connectivity index (χ4v) is 3.02. The van der Waals surface area contributed by atoms with Crippen LogP contribution in [0, 0.1) is 0 Å². The van der Waals surface area contributed by atoms with E-state index in [1.54, 1.807) is 17.1 Å². The summed E-state index contributed by atoms with van der Waals surface area (Å²) >= 11 is 0. The van der Waals surface area contributed by atoms with Crippen molar-refractivity contribution in [3.05, 3.63) is 71.3 Å². The van der Waals surface area contributed by atoms with Crippen molar-refractivity contribution in [1.82, 2.24) is 9.78 Å². The minimum atomic E-state index is -0.647. The van der Waals surface area contributed by atoms with Gasteiger partial charge in [0, 0.05) is 25.6 Å². The van der Waals surface area contributed by atoms with E-state index in [0.717, 1.165) is 5.69 Å². The first-order chi connectivity index (χ1) is 14.4. The van der Waals surface area contributed by atoms with Crippen LogP contribution in [-0.2, 0) is 9.59 Å². The number of benzene rings is 2. The third-order valence-corrected chi connectivity index (χ3v) is 4.27. The maximum absolute atomic E-state index is 13.1. The molecule has 8 nitrogen and oxygen atoms in total. The summed E-state index contributed by atoms with van der Waals surface area (Å²) in [5.74, 6) is -1.39. The van der Waals surface area contributed by atoms with E-state index in [1.807, 2.05) is 30.3 Å². The second kappa shape index (κ2) is 7.67. The maximum Gasteiger partial charge on any atom is 0.308 e. The molecule has 30 heavy (non-hydrogen) atoms. The smallest absolute Gasteiger partial charge is 0.308 e. The molecule has 0 bridgehead atoms. The Morgan fingerprint density at radius 2 is 1.73 bits per heavy atom. The fourth-order valence-electron chi connectivity index (χ4n) is 3.02. The van der Waals surface area contributed by atoms with E-state index >= 15 is 0 Å². The second-order valence-electron chi connectivity index (χ2n) is 6.44. The van der Waals surface area contributed by atoms with Gasteiger partial charge in [-0.2, -0.15) is 5.10 Å². The Morgan fingerprint density at radius 3 is 2.43 bits per heavy atom. The lowest BCUT2D eigenvalue weighted by atomic mass is 10.1. The van der Waals surface area contributed by atoms with Crippen LogP contribution in [0.25, 0.3) is 27.8 Å². The first-order valence-electron chi connectivity index (χ1n) is 9.00. The molecule has 0 N–H and O–H groups in total. The van der Waals surface area contributed by atoms with Gasteiger partial charge in [-0.15, -0.1) is 0 Å². The van der Waals surface area contributed by atoms with Gasteiger partial charge in [0.2, 0.25) is 11.2 Å². The molecular formula is C22H16N2O6. The van der Waals surface area contributed by atoms with Crippen molar-refractivity contribution in [3.63, 3.8) is 0 Å². The van der Waals surface area contributed by atoms with Crippen molar-refractivity contribution in [2.75, 3.05) is 0 Å². The van der Waals surface area contributed by atoms with E-state index < -0.39 is 11.9 Å². The Kier molecular flexibility index (Phi) is 4.89. The maximum atomic E-state index is 13.1. The number of carbonyl (C=O) groups excluding carboxylic acids is 2. The number of aromatic nitrogens is 2. The van der Waals surface area contributed by atoms with Crippen molar-refractivity contribution in [3.8, 4) is 28.3 Å². The van der Waals surface area contributed by atoms with Crippen LogP contribution in [0.2, 0.25) is 0 Å². The van der Waals surface area contributed by atoms with Crippen molar-refractivity contribution in [2.45, 2.75) is 13.8 Å². The fraction of sp³-hybridized carbons (Fsp3) is 0.0909. The molecule has 0 fully saturated rings. The van der Waals surface area contributed by atoms with E-state index in [2.05, 4.69) is 5.10 Å². The number of hydrogen-bond acceptors (Lipinski definition) is 7. The third kappa shape index (κ3) is 3.58. The SMILES string of the molecule is CC(=O)Oc1ccc2c(=O)c(-c3cnn(-c4ccccc4)c3)coc2c1OC(C)=O. The average molecular weight is 404 g/mol. The van der Waals surface area contributed by atoms with E-state index in [9.17, 15) is 14.4 Å². The van der Waals surface area contributed by atoms with Crippen molar-refractivity contribution in [1.29, 1.82) is 0 Å². The molecule has 0 aliphatic rings. The van der Waals surface area contributed by atoms with Crippen molar-refractivity contribution >= 4 is 22.9 Å². The summed E-state index contributed by atoms with van der Waals surface area (Å²) in [6, 6.07) is 12.3. The lowest BCUT2D eigenvalue weighted by Crippen LogP contribution is -2.10. The molecule has 0 spiro atoms. The summed E-state index contributed by atoms with van der Waals surface area (Å²) in [6.45, 7) is 2.41. The van der Waals surface area contributed by atoms with E-state index in [-0.39, 0.29) is 27.9 Å². The summed E-state index contributed by atoms with van der Waals surface area (Å²) in [7, 11) is 0. The minimum absolute atomic E-state index is 0.00755. The summed E-state index contributed by atoms with van der Waals surface area (Å²) in [5, 5.41) is 4.47. The van der Waals surface area contributed by atoms with Crippen LogP contribution in [-0.4, -0.2) is 21.7 Å². The topological polar surface area (TPSA) is 101 Å². The molecule has 0 radical (unpaired) electrons. The Labute approximate surface area is 170 Å². The lowest BCUT2D eigenvalue weighted by molar-refractivity contribution is -0.134. The zero-order chi connectivity index (χ0) is 21.3. The van der Waals surface area contributed by atoms with Gasteiger partial charge in [0.15, 0.2) is 11.3 Å². The standard InChI is InChI=1S/C22H16N2O6/c1-13(25)29-19-9-8-17-20(27)18(12-28-21(17)22(19)30-14(2)26)15-10-23-24(11-15)16-6-4-3-5-7-16/h3-12H,1-2H3. The number of nitrogens with zero attached hydrogens (tertiary/aromatic N) is 2. The third-order valence-electron chi connectivity index (χ3n) is 4.27. The van der Waals surface area contributed by atoms with Gasteiger partial charge in [0.05, 0.1) is 22.8 Å². The summed E-state index contributed by atoms with van der Waals surface area (Å²) in [5.41, 5.74) is 1.36. The van der Waals surface area contributed by atoms with Crippen molar-refractivity contribution in [2.24, 2.45) is 0 Å². The van der Waals surface area contributed by atoms with Gasteiger partial charge in [0.1, 0.15) is 6.26 Å². The zero-order valence-corrected chi connectivity index (χ0v) is 16.1. The van der Waals surface area contributed by atoms with Crippen LogP contribution >= 0.6 is 0 Å². The molecule has 150 valence electrons. The molecule has 0 saturated carbocycles. The molecule has 0 amide bonds. The molecule has 0 aliphatic carbocycles. The van der Waals surface area contributed by atoms with E-state index in [1.165, 1.54) is 32.2 Å². The normalized spacial score (nSPS) is 10.7. The molecule has 2 aromatic heterocycles. The lowest BCUT2D eigenvalue weighted by Gasteiger charge is -2.10. The van der Waals surface area contributed by atoms with Crippen molar-refractivity contribution < 1.29 is 23.5 Å². The molecule has 0 atom stereocenters. The largest absolute Gasteiger partial charge is 0.459 e. The molecule has 8 heteroatoms. The Balaban J connectivity index is 1.84. The Hall–Kier alpha value is -4.20. The van der Waals surface area contributed by atoms with Gasteiger partial charge >= 0.3 is 11.9 Å². The van der Waals surface area contributed by atoms with E-state index in [0.29, 0.717) is 11.1 Å². The predicted octanol–water partition coefficient (Wildman–Crippen LogP) is 3.50. The van der Waals surface area contributed by atoms with Gasteiger partial charge < -0.3 is 13.9 Å².